The van der Waals surface area contributed by atoms with Gasteiger partial charge in [0, 0.05) is 0 Å². The second kappa shape index (κ2) is 8.23. The van der Waals surface area contributed by atoms with Crippen molar-refractivity contribution in [1.29, 1.82) is 0 Å². The van der Waals surface area contributed by atoms with Crippen LogP contribution in [0.25, 0.3) is 6.08 Å². The normalized spacial score (nSPS) is 10.3. The van der Waals surface area contributed by atoms with E-state index in [1.165, 1.54) is 22.3 Å². The van der Waals surface area contributed by atoms with Gasteiger partial charge >= 0.3 is 0 Å². The fourth-order valence-corrected chi connectivity index (χ4v) is 2.17. The average molecular weight is 278 g/mol. The standard InChI is InChI=1S/C20H22O/c1-3-15-21-16-20-13-11-19(12-14-20)10-9-18-7-5-17(4-2)6-8-18/h3-8,11-14H,1-2,9-10,15-16H2. The summed E-state index contributed by atoms with van der Waals surface area (Å²) in [6, 6.07) is 17.2. The Bertz CT molecular complexity index is 564. The van der Waals surface area contributed by atoms with E-state index < -0.39 is 0 Å². The Kier molecular flexibility index (Phi) is 5.99. The Morgan fingerprint density at radius 3 is 1.81 bits per heavy atom. The number of rotatable bonds is 8. The Labute approximate surface area is 127 Å². The molecule has 0 unspecified atom stereocenters. The zero-order chi connectivity index (χ0) is 14.9. The minimum Gasteiger partial charge on any atom is -0.373 e. The van der Waals surface area contributed by atoms with Gasteiger partial charge in [0.25, 0.3) is 0 Å². The molecule has 0 spiro atoms. The molecule has 1 heteroatoms. The second-order valence-corrected chi connectivity index (χ2v) is 5.07. The summed E-state index contributed by atoms with van der Waals surface area (Å²) in [6.07, 6.45) is 5.76. The van der Waals surface area contributed by atoms with Gasteiger partial charge in [0.2, 0.25) is 0 Å². The topological polar surface area (TPSA) is 9.23 Å². The predicted octanol–water partition coefficient (Wildman–Crippen LogP) is 4.82. The van der Waals surface area contributed by atoms with E-state index in [4.69, 9.17) is 4.74 Å². The maximum atomic E-state index is 5.43. The molecule has 0 aliphatic heterocycles. The maximum Gasteiger partial charge on any atom is 0.0721 e. The zero-order valence-electron chi connectivity index (χ0n) is 12.4. The fraction of sp³-hybridized carbons (Fsp3) is 0.200. The molecule has 0 heterocycles. The van der Waals surface area contributed by atoms with Crippen LogP contribution in [0.5, 0.6) is 0 Å². The highest BCUT2D eigenvalue weighted by atomic mass is 16.5. The predicted molar refractivity (Wildman–Crippen MR) is 90.2 cm³/mol. The first-order valence-corrected chi connectivity index (χ1v) is 7.29. The van der Waals surface area contributed by atoms with Gasteiger partial charge in [0.05, 0.1) is 13.2 Å². The summed E-state index contributed by atoms with van der Waals surface area (Å²) >= 11 is 0. The third kappa shape index (κ3) is 5.05. The minimum absolute atomic E-state index is 0.600. The van der Waals surface area contributed by atoms with E-state index in [2.05, 4.69) is 61.7 Å². The quantitative estimate of drug-likeness (QED) is 0.497. The van der Waals surface area contributed by atoms with Crippen molar-refractivity contribution in [1.82, 2.24) is 0 Å². The van der Waals surface area contributed by atoms with Gasteiger partial charge in [-0.25, -0.2) is 0 Å². The minimum atomic E-state index is 0.600. The molecular weight excluding hydrogens is 256 g/mol. The molecule has 0 aliphatic carbocycles. The molecule has 2 aromatic rings. The molecule has 0 radical (unpaired) electrons. The summed E-state index contributed by atoms with van der Waals surface area (Å²) in [5.41, 5.74) is 5.09. The lowest BCUT2D eigenvalue weighted by Gasteiger charge is -2.05. The SMILES string of the molecule is C=CCOCc1ccc(CCc2ccc(C=C)cc2)cc1. The largest absolute Gasteiger partial charge is 0.373 e. The molecule has 0 bridgehead atoms. The molecular formula is C20H22O. The monoisotopic (exact) mass is 278 g/mol. The highest BCUT2D eigenvalue weighted by Crippen LogP contribution is 2.11. The van der Waals surface area contributed by atoms with E-state index in [1.54, 1.807) is 6.08 Å². The van der Waals surface area contributed by atoms with Crippen LogP contribution in [-0.4, -0.2) is 6.61 Å². The van der Waals surface area contributed by atoms with E-state index >= 15 is 0 Å². The van der Waals surface area contributed by atoms with Crippen molar-refractivity contribution in [3.63, 3.8) is 0 Å². The molecule has 0 aliphatic rings. The first-order chi connectivity index (χ1) is 10.3. The van der Waals surface area contributed by atoms with Crippen molar-refractivity contribution >= 4 is 6.08 Å². The van der Waals surface area contributed by atoms with Gasteiger partial charge in [-0.3, -0.25) is 0 Å². The Hall–Kier alpha value is -2.12. The second-order valence-electron chi connectivity index (χ2n) is 5.07. The first-order valence-electron chi connectivity index (χ1n) is 7.29. The molecule has 0 saturated carbocycles. The van der Waals surface area contributed by atoms with Crippen molar-refractivity contribution < 1.29 is 4.74 Å². The van der Waals surface area contributed by atoms with Crippen LogP contribution in [0.15, 0.2) is 67.8 Å². The number of aryl methyl sites for hydroxylation is 2. The van der Waals surface area contributed by atoms with E-state index in [-0.39, 0.29) is 0 Å². The van der Waals surface area contributed by atoms with Crippen LogP contribution < -0.4 is 0 Å². The number of hydrogen-bond acceptors (Lipinski definition) is 1. The van der Waals surface area contributed by atoms with Gasteiger partial charge in [-0.2, -0.15) is 0 Å². The van der Waals surface area contributed by atoms with Crippen LogP contribution >= 0.6 is 0 Å². The molecule has 1 nitrogen and oxygen atoms in total. The van der Waals surface area contributed by atoms with Gasteiger partial charge in [-0.15, -0.1) is 6.58 Å². The van der Waals surface area contributed by atoms with Gasteiger partial charge in [-0.1, -0.05) is 67.3 Å². The van der Waals surface area contributed by atoms with Crippen LogP contribution in [0.4, 0.5) is 0 Å². The van der Waals surface area contributed by atoms with E-state index in [9.17, 15) is 0 Å². The highest BCUT2D eigenvalue weighted by Gasteiger charge is 1.98. The summed E-state index contributed by atoms with van der Waals surface area (Å²) in [5, 5.41) is 0. The summed E-state index contributed by atoms with van der Waals surface area (Å²) in [5.74, 6) is 0. The molecule has 0 atom stereocenters. The Balaban J connectivity index is 1.84. The van der Waals surface area contributed by atoms with Crippen LogP contribution in [0.3, 0.4) is 0 Å². The van der Waals surface area contributed by atoms with Crippen molar-refractivity contribution in [3.8, 4) is 0 Å². The Morgan fingerprint density at radius 1 is 0.762 bits per heavy atom. The van der Waals surface area contributed by atoms with E-state index in [1.807, 2.05) is 6.08 Å². The fourth-order valence-electron chi connectivity index (χ4n) is 2.17. The van der Waals surface area contributed by atoms with Crippen LogP contribution in [-0.2, 0) is 24.2 Å². The third-order valence-electron chi connectivity index (χ3n) is 3.45. The highest BCUT2D eigenvalue weighted by molar-refractivity contribution is 5.47. The van der Waals surface area contributed by atoms with Gasteiger partial charge in [-0.05, 0) is 35.1 Å². The van der Waals surface area contributed by atoms with Crippen molar-refractivity contribution in [3.05, 3.63) is 90.0 Å². The first kappa shape index (κ1) is 15.3. The molecule has 0 saturated heterocycles. The molecule has 21 heavy (non-hydrogen) atoms. The zero-order valence-corrected chi connectivity index (χ0v) is 12.4. The molecule has 2 rings (SSSR count). The van der Waals surface area contributed by atoms with Crippen LogP contribution in [0.1, 0.15) is 22.3 Å². The maximum absolute atomic E-state index is 5.43. The van der Waals surface area contributed by atoms with Crippen molar-refractivity contribution in [2.75, 3.05) is 6.61 Å². The van der Waals surface area contributed by atoms with Gasteiger partial charge in [0.15, 0.2) is 0 Å². The molecule has 108 valence electrons. The number of ether oxygens (including phenoxy) is 1. The van der Waals surface area contributed by atoms with E-state index in [0.29, 0.717) is 13.2 Å². The summed E-state index contributed by atoms with van der Waals surface area (Å²) in [4.78, 5) is 0. The molecule has 0 fully saturated rings. The lowest BCUT2D eigenvalue weighted by atomic mass is 10.0. The number of benzene rings is 2. The lowest BCUT2D eigenvalue weighted by molar-refractivity contribution is 0.149. The molecule has 0 N–H and O–H groups in total. The smallest absolute Gasteiger partial charge is 0.0721 e. The lowest BCUT2D eigenvalue weighted by Crippen LogP contribution is -1.94. The Morgan fingerprint density at radius 2 is 1.29 bits per heavy atom. The summed E-state index contributed by atoms with van der Waals surface area (Å²) < 4.78 is 5.43. The van der Waals surface area contributed by atoms with Crippen molar-refractivity contribution in [2.45, 2.75) is 19.4 Å². The average Bonchev–Trinajstić information content (AvgIpc) is 2.55. The van der Waals surface area contributed by atoms with Crippen LogP contribution in [0, 0.1) is 0 Å². The molecule has 0 aromatic heterocycles. The van der Waals surface area contributed by atoms with E-state index in [0.717, 1.165) is 12.8 Å². The van der Waals surface area contributed by atoms with Crippen LogP contribution in [0.2, 0.25) is 0 Å². The summed E-state index contributed by atoms with van der Waals surface area (Å²) in [7, 11) is 0. The summed E-state index contributed by atoms with van der Waals surface area (Å²) in [6.45, 7) is 8.66. The van der Waals surface area contributed by atoms with Crippen molar-refractivity contribution in [2.24, 2.45) is 0 Å². The van der Waals surface area contributed by atoms with Gasteiger partial charge < -0.3 is 4.74 Å². The molecule has 2 aromatic carbocycles. The number of hydrogen-bond donors (Lipinski definition) is 0. The van der Waals surface area contributed by atoms with Gasteiger partial charge in [0.1, 0.15) is 0 Å². The third-order valence-corrected chi connectivity index (χ3v) is 3.45. The molecule has 0 amide bonds.